The zero-order valence-corrected chi connectivity index (χ0v) is 11.9. The van der Waals surface area contributed by atoms with Crippen molar-refractivity contribution in [2.45, 2.75) is 31.7 Å². The lowest BCUT2D eigenvalue weighted by molar-refractivity contribution is 0.253. The summed E-state index contributed by atoms with van der Waals surface area (Å²) in [6, 6.07) is 10.9. The van der Waals surface area contributed by atoms with Crippen molar-refractivity contribution in [3.05, 3.63) is 35.9 Å². The Hall–Kier alpha value is -0.930. The van der Waals surface area contributed by atoms with Crippen LogP contribution in [-0.4, -0.2) is 30.0 Å². The Balaban J connectivity index is 2.21. The largest absolute Gasteiger partial charge is 0.381 e. The molecule has 0 aliphatic carbocycles. The molecule has 98 valence electrons. The van der Waals surface area contributed by atoms with Crippen LogP contribution in [0.15, 0.2) is 30.3 Å². The van der Waals surface area contributed by atoms with Gasteiger partial charge in [0.25, 0.3) is 0 Å². The van der Waals surface area contributed by atoms with E-state index in [-0.39, 0.29) is 6.04 Å². The summed E-state index contributed by atoms with van der Waals surface area (Å²) in [6.45, 7) is 2.31. The van der Waals surface area contributed by atoms with Crippen LogP contribution < -0.4 is 5.32 Å². The van der Waals surface area contributed by atoms with Gasteiger partial charge in [-0.15, -0.1) is 0 Å². The summed E-state index contributed by atoms with van der Waals surface area (Å²) in [5.74, 6) is 0. The second kappa shape index (κ2) is 6.86. The molecule has 3 heteroatoms. The van der Waals surface area contributed by atoms with E-state index in [4.69, 9.17) is 12.2 Å². The van der Waals surface area contributed by atoms with Crippen molar-refractivity contribution in [3.63, 3.8) is 0 Å². The molecule has 1 aromatic rings. The van der Waals surface area contributed by atoms with E-state index in [9.17, 15) is 0 Å². The number of likely N-dealkylation sites (N-methyl/N-ethyl adjacent to an activating group) is 1. The van der Waals surface area contributed by atoms with Gasteiger partial charge in [0, 0.05) is 7.05 Å². The summed E-state index contributed by atoms with van der Waals surface area (Å²) in [5.41, 5.74) is 1.30. The van der Waals surface area contributed by atoms with E-state index in [1.165, 1.54) is 31.2 Å². The summed E-state index contributed by atoms with van der Waals surface area (Å²) in [4.78, 5) is 3.46. The summed E-state index contributed by atoms with van der Waals surface area (Å²) < 4.78 is 0. The van der Waals surface area contributed by atoms with Crippen LogP contribution in [0.25, 0.3) is 0 Å². The summed E-state index contributed by atoms with van der Waals surface area (Å²) in [5, 5.41) is 3.17. The molecule has 0 spiro atoms. The molecule has 2 rings (SSSR count). The molecule has 0 saturated carbocycles. The first kappa shape index (κ1) is 13.5. The highest BCUT2D eigenvalue weighted by Gasteiger charge is 2.24. The molecule has 1 heterocycles. The maximum absolute atomic E-state index is 5.53. The Morgan fingerprint density at radius 2 is 1.72 bits per heavy atom. The molecule has 1 atom stereocenters. The van der Waals surface area contributed by atoms with Gasteiger partial charge in [0.15, 0.2) is 0 Å². The van der Waals surface area contributed by atoms with E-state index in [1.54, 1.807) is 0 Å². The van der Waals surface area contributed by atoms with Crippen molar-refractivity contribution in [3.8, 4) is 0 Å². The first-order chi connectivity index (χ1) is 8.83. The Morgan fingerprint density at radius 1 is 1.11 bits per heavy atom. The zero-order valence-electron chi connectivity index (χ0n) is 11.1. The van der Waals surface area contributed by atoms with Gasteiger partial charge in [0.1, 0.15) is 0 Å². The molecule has 2 nitrogen and oxygen atoms in total. The minimum absolute atomic E-state index is 0.240. The number of nitrogens with one attached hydrogen (secondary N) is 1. The van der Waals surface area contributed by atoms with Crippen molar-refractivity contribution < 1.29 is 0 Å². The number of thiocarbonyl (C=S) groups is 1. The van der Waals surface area contributed by atoms with Crippen LogP contribution in [0.1, 0.15) is 37.3 Å². The first-order valence-corrected chi connectivity index (χ1v) is 7.24. The molecule has 1 aliphatic rings. The fourth-order valence-corrected chi connectivity index (χ4v) is 2.94. The molecule has 18 heavy (non-hydrogen) atoms. The van der Waals surface area contributed by atoms with Gasteiger partial charge in [-0.05, 0) is 31.5 Å². The summed E-state index contributed by atoms with van der Waals surface area (Å²) in [6.07, 6.45) is 5.28. The third kappa shape index (κ3) is 3.30. The van der Waals surface area contributed by atoms with Gasteiger partial charge in [0.05, 0.1) is 11.0 Å². The summed E-state index contributed by atoms with van der Waals surface area (Å²) in [7, 11) is 1.93. The predicted octanol–water partition coefficient (Wildman–Crippen LogP) is 3.15. The van der Waals surface area contributed by atoms with Crippen molar-refractivity contribution in [2.75, 3.05) is 20.1 Å². The number of nitrogens with zero attached hydrogens (tertiary/aromatic N) is 1. The molecule has 0 amide bonds. The van der Waals surface area contributed by atoms with Gasteiger partial charge in [-0.3, -0.25) is 4.90 Å². The van der Waals surface area contributed by atoms with E-state index >= 15 is 0 Å². The van der Waals surface area contributed by atoms with Crippen LogP contribution in [0.2, 0.25) is 0 Å². The second-order valence-corrected chi connectivity index (χ2v) is 5.32. The van der Waals surface area contributed by atoms with Crippen LogP contribution in [0, 0.1) is 0 Å². The lowest BCUT2D eigenvalue weighted by Gasteiger charge is -2.31. The van der Waals surface area contributed by atoms with Crippen LogP contribution in [0.3, 0.4) is 0 Å². The lowest BCUT2D eigenvalue weighted by Crippen LogP contribution is -2.38. The minimum Gasteiger partial charge on any atom is -0.381 e. The number of likely N-dealkylation sites (tertiary alicyclic amines) is 1. The van der Waals surface area contributed by atoms with Crippen molar-refractivity contribution in [2.24, 2.45) is 0 Å². The highest BCUT2D eigenvalue weighted by Crippen LogP contribution is 2.25. The maximum Gasteiger partial charge on any atom is 0.0971 e. The van der Waals surface area contributed by atoms with Gasteiger partial charge in [-0.2, -0.15) is 0 Å². The Kier molecular flexibility index (Phi) is 5.14. The van der Waals surface area contributed by atoms with Crippen molar-refractivity contribution >= 4 is 17.2 Å². The lowest BCUT2D eigenvalue weighted by atomic mass is 10.0. The number of benzene rings is 1. The normalized spacial score (nSPS) is 18.9. The topological polar surface area (TPSA) is 15.3 Å². The van der Waals surface area contributed by atoms with E-state index in [0.29, 0.717) is 0 Å². The van der Waals surface area contributed by atoms with Gasteiger partial charge in [0.2, 0.25) is 0 Å². The number of hydrogen-bond acceptors (Lipinski definition) is 2. The SMILES string of the molecule is CNC(=S)C(c1ccccc1)N1CCCCCC1. The van der Waals surface area contributed by atoms with Crippen molar-refractivity contribution in [1.82, 2.24) is 10.2 Å². The fourth-order valence-electron chi connectivity index (χ4n) is 2.65. The monoisotopic (exact) mass is 262 g/mol. The Bertz CT molecular complexity index is 369. The number of rotatable bonds is 3. The maximum atomic E-state index is 5.53. The van der Waals surface area contributed by atoms with Crippen LogP contribution >= 0.6 is 12.2 Å². The highest BCUT2D eigenvalue weighted by atomic mass is 32.1. The average Bonchev–Trinajstić information content (AvgIpc) is 2.69. The first-order valence-electron chi connectivity index (χ1n) is 6.83. The zero-order chi connectivity index (χ0) is 12.8. The van der Waals surface area contributed by atoms with Gasteiger partial charge < -0.3 is 5.32 Å². The van der Waals surface area contributed by atoms with Crippen molar-refractivity contribution in [1.29, 1.82) is 0 Å². The second-order valence-electron chi connectivity index (χ2n) is 4.88. The Labute approximate surface area is 115 Å². The molecular formula is C15H22N2S. The van der Waals surface area contributed by atoms with Crippen LogP contribution in [-0.2, 0) is 0 Å². The molecule has 1 unspecified atom stereocenters. The number of hydrogen-bond donors (Lipinski definition) is 1. The average molecular weight is 262 g/mol. The Morgan fingerprint density at radius 3 is 2.28 bits per heavy atom. The van der Waals surface area contributed by atoms with E-state index in [1.807, 2.05) is 7.05 Å². The standard InChI is InChI=1S/C15H22N2S/c1-16-15(18)14(13-9-5-4-6-10-13)17-11-7-2-3-8-12-17/h4-6,9-10,14H,2-3,7-8,11-12H2,1H3,(H,16,18). The predicted molar refractivity (Wildman–Crippen MR) is 80.9 cm³/mol. The van der Waals surface area contributed by atoms with Crippen LogP contribution in [0.5, 0.6) is 0 Å². The highest BCUT2D eigenvalue weighted by molar-refractivity contribution is 7.80. The smallest absolute Gasteiger partial charge is 0.0971 e. The molecule has 1 N–H and O–H groups in total. The summed E-state index contributed by atoms with van der Waals surface area (Å²) >= 11 is 5.53. The van der Waals surface area contributed by atoms with E-state index < -0.39 is 0 Å². The molecule has 1 saturated heterocycles. The van der Waals surface area contributed by atoms with Gasteiger partial charge in [-0.1, -0.05) is 55.4 Å². The van der Waals surface area contributed by atoms with Crippen LogP contribution in [0.4, 0.5) is 0 Å². The van der Waals surface area contributed by atoms with E-state index in [0.717, 1.165) is 18.1 Å². The minimum atomic E-state index is 0.240. The molecule has 0 radical (unpaired) electrons. The van der Waals surface area contributed by atoms with Gasteiger partial charge in [-0.25, -0.2) is 0 Å². The molecule has 1 aromatic carbocycles. The molecule has 0 bridgehead atoms. The van der Waals surface area contributed by atoms with E-state index in [2.05, 4.69) is 40.5 Å². The molecule has 1 aliphatic heterocycles. The van der Waals surface area contributed by atoms with Gasteiger partial charge >= 0.3 is 0 Å². The quantitative estimate of drug-likeness (QED) is 0.843. The molecule has 1 fully saturated rings. The molecule has 0 aromatic heterocycles. The fraction of sp³-hybridized carbons (Fsp3) is 0.533. The third-order valence-electron chi connectivity index (χ3n) is 3.62. The third-order valence-corrected chi connectivity index (χ3v) is 4.04. The molecular weight excluding hydrogens is 240 g/mol.